The number of aromatic nitrogens is 1. The minimum absolute atomic E-state index is 0.107. The van der Waals surface area contributed by atoms with E-state index in [1.54, 1.807) is 18.0 Å². The summed E-state index contributed by atoms with van der Waals surface area (Å²) in [6.07, 6.45) is 3.06. The first kappa shape index (κ1) is 20.6. The van der Waals surface area contributed by atoms with E-state index in [1.165, 1.54) is 6.21 Å². The van der Waals surface area contributed by atoms with Crippen molar-refractivity contribution in [3.05, 3.63) is 58.0 Å². The third-order valence-electron chi connectivity index (χ3n) is 5.66. The monoisotopic (exact) mass is 418 g/mol. The van der Waals surface area contributed by atoms with Gasteiger partial charge in [0.1, 0.15) is 0 Å². The van der Waals surface area contributed by atoms with Crippen LogP contribution in [0, 0.1) is 12.3 Å². The highest BCUT2D eigenvalue weighted by Gasteiger charge is 2.27. The lowest BCUT2D eigenvalue weighted by molar-refractivity contribution is -0.110. The van der Waals surface area contributed by atoms with Gasteiger partial charge in [0.25, 0.3) is 11.8 Å². The predicted molar refractivity (Wildman–Crippen MR) is 123 cm³/mol. The number of likely N-dealkylation sites (N-methyl/N-ethyl adjacent to an activating group) is 2. The summed E-state index contributed by atoms with van der Waals surface area (Å²) in [6, 6.07) is 7.49. The molecule has 2 aliphatic heterocycles. The zero-order valence-corrected chi connectivity index (χ0v) is 17.8. The Morgan fingerprint density at radius 3 is 2.74 bits per heavy atom. The van der Waals surface area contributed by atoms with Crippen molar-refractivity contribution >= 4 is 40.9 Å². The molecule has 0 aliphatic carbocycles. The molecule has 5 N–H and O–H groups in total. The normalized spacial score (nSPS) is 20.9. The number of aryl methyl sites for hydroxylation is 1. The van der Waals surface area contributed by atoms with Gasteiger partial charge < -0.3 is 31.2 Å². The second-order valence-corrected chi connectivity index (χ2v) is 7.74. The first-order valence-corrected chi connectivity index (χ1v) is 10.2. The van der Waals surface area contributed by atoms with E-state index in [0.717, 1.165) is 28.1 Å². The van der Waals surface area contributed by atoms with Gasteiger partial charge >= 0.3 is 0 Å². The van der Waals surface area contributed by atoms with Crippen molar-refractivity contribution in [2.45, 2.75) is 6.92 Å². The Morgan fingerprint density at radius 1 is 1.19 bits per heavy atom. The number of H-pyrrole nitrogens is 1. The lowest BCUT2D eigenvalue weighted by Crippen LogP contribution is -2.35. The Morgan fingerprint density at radius 2 is 2.00 bits per heavy atom. The number of carbonyl (C=O) groups excluding carboxylic acids is 2. The van der Waals surface area contributed by atoms with Gasteiger partial charge in [-0.05, 0) is 36.8 Å². The molecule has 160 valence electrons. The van der Waals surface area contributed by atoms with Gasteiger partial charge in [0, 0.05) is 68.2 Å². The summed E-state index contributed by atoms with van der Waals surface area (Å²) in [5.41, 5.74) is 6.39. The topological polar surface area (TPSA) is 113 Å². The molecule has 3 heterocycles. The van der Waals surface area contributed by atoms with Crippen molar-refractivity contribution in [2.75, 3.05) is 39.0 Å². The molecule has 4 rings (SSSR count). The van der Waals surface area contributed by atoms with Crippen molar-refractivity contribution in [3.63, 3.8) is 0 Å². The predicted octanol–water partition coefficient (Wildman–Crippen LogP) is 2.07. The number of carbonyl (C=O) groups is 2. The van der Waals surface area contributed by atoms with Gasteiger partial charge in [-0.1, -0.05) is 6.07 Å². The van der Waals surface area contributed by atoms with Crippen LogP contribution in [0.2, 0.25) is 0 Å². The van der Waals surface area contributed by atoms with Gasteiger partial charge in [-0.25, -0.2) is 0 Å². The second-order valence-electron chi connectivity index (χ2n) is 7.74. The van der Waals surface area contributed by atoms with Gasteiger partial charge in [-0.2, -0.15) is 0 Å². The Hall–Kier alpha value is -3.65. The van der Waals surface area contributed by atoms with Gasteiger partial charge in [-0.3, -0.25) is 9.59 Å². The molecule has 8 heteroatoms. The van der Waals surface area contributed by atoms with Gasteiger partial charge in [-0.15, -0.1) is 0 Å². The van der Waals surface area contributed by atoms with Gasteiger partial charge in [0.15, 0.2) is 0 Å². The fraction of sp³-hybridized carbons (Fsp3) is 0.261. The van der Waals surface area contributed by atoms with Crippen LogP contribution in [-0.2, 0) is 4.79 Å². The third-order valence-corrected chi connectivity index (χ3v) is 5.66. The molecule has 0 atom stereocenters. The van der Waals surface area contributed by atoms with Crippen molar-refractivity contribution < 1.29 is 9.59 Å². The molecule has 0 radical (unpaired) electrons. The van der Waals surface area contributed by atoms with Crippen molar-refractivity contribution in [1.82, 2.24) is 20.5 Å². The highest BCUT2D eigenvalue weighted by Crippen LogP contribution is 2.36. The second kappa shape index (κ2) is 8.23. The highest BCUT2D eigenvalue weighted by atomic mass is 16.2. The molecule has 1 aromatic carbocycles. The summed E-state index contributed by atoms with van der Waals surface area (Å²) in [6.45, 7) is 3.54. The maximum atomic E-state index is 13.1. The summed E-state index contributed by atoms with van der Waals surface area (Å²) in [5, 5.41) is 17.4. The van der Waals surface area contributed by atoms with Crippen LogP contribution in [0.25, 0.3) is 17.2 Å². The lowest BCUT2D eigenvalue weighted by atomic mass is 9.97. The molecule has 0 spiro atoms. The van der Waals surface area contributed by atoms with E-state index in [1.807, 2.05) is 38.2 Å². The minimum atomic E-state index is -0.216. The third kappa shape index (κ3) is 3.77. The average molecular weight is 419 g/mol. The summed E-state index contributed by atoms with van der Waals surface area (Å²) in [5.74, 6) is -0.323. The SMILES string of the molecule is CN/C1=C(\C=N)c2ccc3c(c2)/C(=C/c2[nH]c(C)cc2C(=O)N(C)CCNC1)C(=O)N3. The molecular weight excluding hydrogens is 392 g/mol. The van der Waals surface area contributed by atoms with E-state index in [2.05, 4.69) is 20.9 Å². The molecule has 2 amide bonds. The Bertz CT molecular complexity index is 1140. The molecule has 0 saturated heterocycles. The van der Waals surface area contributed by atoms with E-state index < -0.39 is 0 Å². The number of aromatic amines is 1. The molecule has 2 aliphatic rings. The largest absolute Gasteiger partial charge is 0.390 e. The number of fused-ring (bicyclic) bond motifs is 2. The van der Waals surface area contributed by atoms with Crippen LogP contribution >= 0.6 is 0 Å². The van der Waals surface area contributed by atoms with Crippen LogP contribution in [-0.4, -0.2) is 61.6 Å². The van der Waals surface area contributed by atoms with E-state index in [-0.39, 0.29) is 11.8 Å². The number of hydrogen-bond donors (Lipinski definition) is 5. The summed E-state index contributed by atoms with van der Waals surface area (Å²) < 4.78 is 0. The maximum Gasteiger partial charge on any atom is 0.256 e. The van der Waals surface area contributed by atoms with Crippen molar-refractivity contribution in [2.24, 2.45) is 0 Å². The lowest BCUT2D eigenvalue weighted by Gasteiger charge is -2.18. The molecule has 2 bridgehead atoms. The molecule has 31 heavy (non-hydrogen) atoms. The van der Waals surface area contributed by atoms with Gasteiger partial charge in [0.05, 0.1) is 16.8 Å². The molecule has 2 aromatic rings. The van der Waals surface area contributed by atoms with E-state index in [0.29, 0.717) is 42.2 Å². The Kier molecular flexibility index (Phi) is 5.48. The van der Waals surface area contributed by atoms with E-state index in [9.17, 15) is 9.59 Å². The fourth-order valence-electron chi connectivity index (χ4n) is 3.97. The highest BCUT2D eigenvalue weighted by molar-refractivity contribution is 6.35. The van der Waals surface area contributed by atoms with Crippen LogP contribution in [0.1, 0.15) is 32.9 Å². The standard InChI is InChI=1S/C23H26N6O2/c1-13-8-17-20(27-13)10-16-15-9-14(4-5-19(15)28-22(16)30)18(11-24)21(25-2)12-26-6-7-29(3)23(17)31/h4-5,8-11,24-27H,6-7,12H2,1-3H3,(H,28,30)/b16-10-,21-18+,24-11?. The van der Waals surface area contributed by atoms with E-state index in [4.69, 9.17) is 5.41 Å². The Labute approximate surface area is 180 Å². The summed E-state index contributed by atoms with van der Waals surface area (Å²) in [4.78, 5) is 30.7. The molecule has 1 aromatic heterocycles. The number of nitrogens with one attached hydrogen (secondary N) is 5. The quantitative estimate of drug-likeness (QED) is 0.481. The first-order valence-electron chi connectivity index (χ1n) is 10.2. The maximum absolute atomic E-state index is 13.1. The number of anilines is 1. The Balaban J connectivity index is 1.93. The number of hydrogen-bond acceptors (Lipinski definition) is 5. The van der Waals surface area contributed by atoms with Gasteiger partial charge in [0.2, 0.25) is 0 Å². The molecule has 0 fully saturated rings. The number of benzene rings is 1. The molecule has 0 saturated carbocycles. The number of allylic oxidation sites excluding steroid dienone is 1. The molecular formula is C23H26N6O2. The van der Waals surface area contributed by atoms with Crippen molar-refractivity contribution in [3.8, 4) is 0 Å². The first-order chi connectivity index (χ1) is 14.9. The molecule has 8 nitrogen and oxygen atoms in total. The summed E-state index contributed by atoms with van der Waals surface area (Å²) in [7, 11) is 3.59. The number of nitrogens with zero attached hydrogens (tertiary/aromatic N) is 1. The number of rotatable bonds is 2. The van der Waals surface area contributed by atoms with Crippen LogP contribution in [0.15, 0.2) is 30.0 Å². The zero-order chi connectivity index (χ0) is 22.1. The summed E-state index contributed by atoms with van der Waals surface area (Å²) >= 11 is 0. The average Bonchev–Trinajstić information content (AvgIpc) is 3.28. The fourth-order valence-corrected chi connectivity index (χ4v) is 3.97. The van der Waals surface area contributed by atoms with Crippen LogP contribution in [0.4, 0.5) is 5.69 Å². The van der Waals surface area contributed by atoms with Crippen LogP contribution in [0.5, 0.6) is 0 Å². The zero-order valence-electron chi connectivity index (χ0n) is 17.8. The van der Waals surface area contributed by atoms with Crippen LogP contribution < -0.4 is 16.0 Å². The van der Waals surface area contributed by atoms with Crippen molar-refractivity contribution in [1.29, 1.82) is 5.41 Å². The smallest absolute Gasteiger partial charge is 0.256 e. The molecule has 0 unspecified atom stereocenters. The van der Waals surface area contributed by atoms with E-state index >= 15 is 0 Å². The number of amides is 2. The minimum Gasteiger partial charge on any atom is -0.390 e. The van der Waals surface area contributed by atoms with Crippen LogP contribution in [0.3, 0.4) is 0 Å².